The molecule has 1 aromatic carbocycles. The molecule has 0 radical (unpaired) electrons. The number of nitrogens with one attached hydrogen (secondary N) is 2. The highest BCUT2D eigenvalue weighted by molar-refractivity contribution is 5.95. The van der Waals surface area contributed by atoms with E-state index in [-0.39, 0.29) is 30.3 Å². The molecule has 3 atom stereocenters. The monoisotopic (exact) mass is 348 g/mol. The normalized spacial score (nSPS) is 25.5. The minimum Gasteiger partial charge on any atom is -0.497 e. The van der Waals surface area contributed by atoms with Crippen LogP contribution in [-0.2, 0) is 9.59 Å². The maximum Gasteiger partial charge on any atom is 0.279 e. The van der Waals surface area contributed by atoms with Gasteiger partial charge in [-0.05, 0) is 12.8 Å². The van der Waals surface area contributed by atoms with Crippen LogP contribution in [0.3, 0.4) is 0 Å². The predicted molar refractivity (Wildman–Crippen MR) is 92.7 cm³/mol. The highest BCUT2D eigenvalue weighted by Gasteiger charge is 2.40. The molecule has 2 aliphatic rings. The summed E-state index contributed by atoms with van der Waals surface area (Å²) in [5.41, 5.74) is 0.591. The molecular weight excluding hydrogens is 322 g/mol. The Morgan fingerprint density at radius 1 is 1.20 bits per heavy atom. The Morgan fingerprint density at radius 3 is 2.56 bits per heavy atom. The van der Waals surface area contributed by atoms with E-state index in [9.17, 15) is 9.59 Å². The van der Waals surface area contributed by atoms with Crippen LogP contribution in [0.1, 0.15) is 32.1 Å². The summed E-state index contributed by atoms with van der Waals surface area (Å²) in [6.07, 6.45) is 4.63. The third-order valence-corrected chi connectivity index (χ3v) is 5.00. The minimum atomic E-state index is -0.369. The summed E-state index contributed by atoms with van der Waals surface area (Å²) < 4.78 is 10.4. The molecule has 4 N–H and O–H groups in total. The standard InChI is InChI=1S/C18H25N3O4/c1-24-12-7-11(8-13(9-12)25-2)19-17(22)10-16-18(23)21-15-6-4-3-5-14(15)20-16/h7-9,14-16,20H,3-6,10H2,1-2H3,(H,19,22)(H,21,23)/p+1/t14-,15-,16+/m0/s1. The van der Waals surface area contributed by atoms with Gasteiger partial charge in [0, 0.05) is 30.3 Å². The van der Waals surface area contributed by atoms with Gasteiger partial charge in [-0.3, -0.25) is 9.59 Å². The fourth-order valence-corrected chi connectivity index (χ4v) is 3.70. The van der Waals surface area contributed by atoms with Gasteiger partial charge in [0.05, 0.1) is 26.7 Å². The lowest BCUT2D eigenvalue weighted by Crippen LogP contribution is -3.03. The van der Waals surface area contributed by atoms with Gasteiger partial charge in [-0.2, -0.15) is 0 Å². The van der Waals surface area contributed by atoms with Crippen molar-refractivity contribution in [1.29, 1.82) is 0 Å². The van der Waals surface area contributed by atoms with Gasteiger partial charge in [0.25, 0.3) is 5.91 Å². The van der Waals surface area contributed by atoms with Crippen molar-refractivity contribution in [3.05, 3.63) is 18.2 Å². The van der Waals surface area contributed by atoms with Gasteiger partial charge in [-0.1, -0.05) is 6.42 Å². The molecule has 0 aromatic heterocycles. The van der Waals surface area contributed by atoms with E-state index in [1.807, 2.05) is 0 Å². The Balaban J connectivity index is 1.61. The lowest BCUT2D eigenvalue weighted by atomic mass is 9.87. The lowest BCUT2D eigenvalue weighted by molar-refractivity contribution is -0.718. The van der Waals surface area contributed by atoms with Gasteiger partial charge in [-0.15, -0.1) is 0 Å². The molecule has 0 bridgehead atoms. The van der Waals surface area contributed by atoms with Gasteiger partial charge in [-0.25, -0.2) is 0 Å². The Hall–Kier alpha value is -2.28. The second kappa shape index (κ2) is 7.74. The summed E-state index contributed by atoms with van der Waals surface area (Å²) in [5, 5.41) is 7.99. The molecule has 1 saturated carbocycles. The second-order valence-electron chi connectivity index (χ2n) is 6.72. The number of nitrogens with two attached hydrogens (primary N) is 1. The molecule has 1 heterocycles. The maximum atomic E-state index is 12.4. The van der Waals surface area contributed by atoms with E-state index in [0.717, 1.165) is 19.3 Å². The number of ether oxygens (including phenoxy) is 2. The number of benzene rings is 1. The van der Waals surface area contributed by atoms with Crippen molar-refractivity contribution < 1.29 is 24.4 Å². The average Bonchev–Trinajstić information content (AvgIpc) is 2.61. The van der Waals surface area contributed by atoms with Crippen molar-refractivity contribution in [3.63, 3.8) is 0 Å². The van der Waals surface area contributed by atoms with Crippen LogP contribution < -0.4 is 25.4 Å². The number of amides is 2. The van der Waals surface area contributed by atoms with Crippen molar-refractivity contribution in [2.45, 2.75) is 50.2 Å². The van der Waals surface area contributed by atoms with E-state index in [1.54, 1.807) is 32.4 Å². The minimum absolute atomic E-state index is 0.0403. The molecule has 25 heavy (non-hydrogen) atoms. The summed E-state index contributed by atoms with van der Waals surface area (Å²) in [5.74, 6) is 0.964. The van der Waals surface area contributed by atoms with Gasteiger partial charge < -0.3 is 25.4 Å². The SMILES string of the molecule is COc1cc(NC(=O)C[C@H]2[NH2+][C@H]3CCCC[C@@H]3NC2=O)cc(OC)c1. The molecule has 7 heteroatoms. The maximum absolute atomic E-state index is 12.4. The molecule has 1 aliphatic heterocycles. The van der Waals surface area contributed by atoms with Gasteiger partial charge in [0.2, 0.25) is 5.91 Å². The molecule has 1 aliphatic carbocycles. The molecule has 0 unspecified atom stereocenters. The van der Waals surface area contributed by atoms with E-state index in [1.165, 1.54) is 6.42 Å². The molecule has 0 spiro atoms. The Bertz CT molecular complexity index is 627. The van der Waals surface area contributed by atoms with E-state index in [2.05, 4.69) is 16.0 Å². The van der Waals surface area contributed by atoms with Crippen molar-refractivity contribution >= 4 is 17.5 Å². The average molecular weight is 348 g/mol. The number of fused-ring (bicyclic) bond motifs is 1. The molecule has 2 fully saturated rings. The molecule has 3 rings (SSSR count). The van der Waals surface area contributed by atoms with E-state index < -0.39 is 0 Å². The number of hydrogen-bond donors (Lipinski definition) is 3. The molecule has 7 nitrogen and oxygen atoms in total. The number of anilines is 1. The van der Waals surface area contributed by atoms with Crippen molar-refractivity contribution in [1.82, 2.24) is 5.32 Å². The van der Waals surface area contributed by atoms with E-state index >= 15 is 0 Å². The zero-order valence-corrected chi connectivity index (χ0v) is 14.7. The molecule has 2 amide bonds. The number of quaternary nitrogens is 1. The van der Waals surface area contributed by atoms with E-state index in [0.29, 0.717) is 23.2 Å². The van der Waals surface area contributed by atoms with Gasteiger partial charge in [0.15, 0.2) is 6.04 Å². The fourth-order valence-electron chi connectivity index (χ4n) is 3.70. The largest absolute Gasteiger partial charge is 0.497 e. The van der Waals surface area contributed by atoms with Crippen LogP contribution in [0.25, 0.3) is 0 Å². The van der Waals surface area contributed by atoms with Crippen LogP contribution in [0.15, 0.2) is 18.2 Å². The van der Waals surface area contributed by atoms with Gasteiger partial charge in [0.1, 0.15) is 17.5 Å². The van der Waals surface area contributed by atoms with Crippen LogP contribution >= 0.6 is 0 Å². The quantitative estimate of drug-likeness (QED) is 0.718. The summed E-state index contributed by atoms with van der Waals surface area (Å²) >= 11 is 0. The van der Waals surface area contributed by atoms with Crippen molar-refractivity contribution in [3.8, 4) is 11.5 Å². The molecule has 1 saturated heterocycles. The zero-order valence-electron chi connectivity index (χ0n) is 14.7. The topological polar surface area (TPSA) is 93.3 Å². The smallest absolute Gasteiger partial charge is 0.279 e. The number of hydrogen-bond acceptors (Lipinski definition) is 4. The lowest BCUT2D eigenvalue weighted by Gasteiger charge is -2.37. The highest BCUT2D eigenvalue weighted by Crippen LogP contribution is 2.26. The third-order valence-electron chi connectivity index (χ3n) is 5.00. The van der Waals surface area contributed by atoms with Crippen LogP contribution in [0, 0.1) is 0 Å². The first kappa shape index (κ1) is 17.5. The number of carbonyl (C=O) groups excluding carboxylic acids is 2. The number of rotatable bonds is 5. The van der Waals surface area contributed by atoms with E-state index in [4.69, 9.17) is 9.47 Å². The predicted octanol–water partition coefficient (Wildman–Crippen LogP) is 0.405. The third kappa shape index (κ3) is 4.22. The first-order chi connectivity index (χ1) is 12.1. The molecule has 1 aromatic rings. The summed E-state index contributed by atoms with van der Waals surface area (Å²) in [6.45, 7) is 0. The van der Waals surface area contributed by atoms with Crippen LogP contribution in [0.5, 0.6) is 11.5 Å². The highest BCUT2D eigenvalue weighted by atomic mass is 16.5. The fraction of sp³-hybridized carbons (Fsp3) is 0.556. The first-order valence-electron chi connectivity index (χ1n) is 8.77. The first-order valence-corrected chi connectivity index (χ1v) is 8.77. The summed E-state index contributed by atoms with van der Waals surface area (Å²) in [4.78, 5) is 24.7. The molecular formula is C18H26N3O4+. The Labute approximate surface area is 147 Å². The van der Waals surface area contributed by atoms with Crippen LogP contribution in [0.2, 0.25) is 0 Å². The van der Waals surface area contributed by atoms with Crippen molar-refractivity contribution in [2.75, 3.05) is 19.5 Å². The van der Waals surface area contributed by atoms with Crippen molar-refractivity contribution in [2.24, 2.45) is 0 Å². The second-order valence-corrected chi connectivity index (χ2v) is 6.72. The van der Waals surface area contributed by atoms with Crippen LogP contribution in [-0.4, -0.2) is 44.2 Å². The Kier molecular flexibility index (Phi) is 5.43. The van der Waals surface area contributed by atoms with Crippen LogP contribution in [0.4, 0.5) is 5.69 Å². The zero-order chi connectivity index (χ0) is 17.8. The summed E-state index contributed by atoms with van der Waals surface area (Å²) in [6, 6.07) is 5.46. The number of carbonyl (C=O) groups is 2. The number of methoxy groups -OCH3 is 2. The summed E-state index contributed by atoms with van der Waals surface area (Å²) in [7, 11) is 3.12. The number of piperazine rings is 1. The Morgan fingerprint density at radius 2 is 1.88 bits per heavy atom. The molecule has 136 valence electrons. The van der Waals surface area contributed by atoms with Gasteiger partial charge >= 0.3 is 0 Å².